The highest BCUT2D eigenvalue weighted by atomic mass is 35.5. The molecule has 90 valence electrons. The zero-order valence-electron chi connectivity index (χ0n) is 9.57. The van der Waals surface area contributed by atoms with Crippen molar-refractivity contribution >= 4 is 33.2 Å². The molecule has 2 aromatic rings. The molecule has 3 nitrogen and oxygen atoms in total. The molecule has 2 heterocycles. The maximum atomic E-state index is 5.89. The Morgan fingerprint density at radius 1 is 1.47 bits per heavy atom. The van der Waals surface area contributed by atoms with Crippen molar-refractivity contribution in [2.75, 3.05) is 6.61 Å². The lowest BCUT2D eigenvalue weighted by atomic mass is 10.3. The molecule has 0 aliphatic heterocycles. The summed E-state index contributed by atoms with van der Waals surface area (Å²) in [5.41, 5.74) is 0. The van der Waals surface area contributed by atoms with E-state index in [4.69, 9.17) is 16.3 Å². The fraction of sp³-hybridized carbons (Fsp3) is 0.500. The standard InChI is InChI=1S/C12H13ClN2OS/c1-7-6-9-10(16-5-4-8-2-3-8)14-12(13)15-11(9)17-7/h6,8H,2-5H2,1H3. The minimum atomic E-state index is 0.265. The molecule has 17 heavy (non-hydrogen) atoms. The van der Waals surface area contributed by atoms with E-state index in [1.165, 1.54) is 17.7 Å². The Labute approximate surface area is 109 Å². The normalized spacial score (nSPS) is 15.4. The van der Waals surface area contributed by atoms with Crippen molar-refractivity contribution in [1.82, 2.24) is 9.97 Å². The molecule has 0 spiro atoms. The molecule has 1 saturated carbocycles. The Morgan fingerprint density at radius 2 is 2.29 bits per heavy atom. The maximum absolute atomic E-state index is 5.89. The summed E-state index contributed by atoms with van der Waals surface area (Å²) in [5, 5.41) is 1.24. The molecule has 0 N–H and O–H groups in total. The molecule has 1 fully saturated rings. The first-order valence-corrected chi connectivity index (χ1v) is 6.98. The Kier molecular flexibility index (Phi) is 2.92. The quantitative estimate of drug-likeness (QED) is 0.791. The van der Waals surface area contributed by atoms with Crippen LogP contribution in [0.3, 0.4) is 0 Å². The van der Waals surface area contributed by atoms with E-state index in [1.807, 2.05) is 6.92 Å². The van der Waals surface area contributed by atoms with Crippen molar-refractivity contribution in [3.63, 3.8) is 0 Å². The van der Waals surface area contributed by atoms with Gasteiger partial charge in [-0.05, 0) is 36.9 Å². The van der Waals surface area contributed by atoms with Gasteiger partial charge < -0.3 is 4.74 Å². The number of fused-ring (bicyclic) bond motifs is 1. The van der Waals surface area contributed by atoms with E-state index in [1.54, 1.807) is 11.3 Å². The lowest BCUT2D eigenvalue weighted by Crippen LogP contribution is -2.01. The van der Waals surface area contributed by atoms with Gasteiger partial charge in [-0.3, -0.25) is 0 Å². The third-order valence-electron chi connectivity index (χ3n) is 2.92. The smallest absolute Gasteiger partial charge is 0.227 e. The SMILES string of the molecule is Cc1cc2c(OCCC3CC3)nc(Cl)nc2s1. The second-order valence-electron chi connectivity index (χ2n) is 4.45. The molecule has 0 aromatic carbocycles. The first kappa shape index (κ1) is 11.2. The highest BCUT2D eigenvalue weighted by molar-refractivity contribution is 7.18. The molecule has 0 bridgehead atoms. The number of aryl methyl sites for hydroxylation is 1. The summed E-state index contributed by atoms with van der Waals surface area (Å²) in [6, 6.07) is 2.06. The van der Waals surface area contributed by atoms with E-state index in [9.17, 15) is 0 Å². The second-order valence-corrected chi connectivity index (χ2v) is 6.03. The van der Waals surface area contributed by atoms with Crippen molar-refractivity contribution in [3.8, 4) is 5.88 Å². The maximum Gasteiger partial charge on any atom is 0.227 e. The average Bonchev–Trinajstić information content (AvgIpc) is 3.00. The van der Waals surface area contributed by atoms with Gasteiger partial charge in [0.2, 0.25) is 11.2 Å². The van der Waals surface area contributed by atoms with E-state index < -0.39 is 0 Å². The van der Waals surface area contributed by atoms with Crippen molar-refractivity contribution in [3.05, 3.63) is 16.2 Å². The highest BCUT2D eigenvalue weighted by Crippen LogP contribution is 2.34. The molecule has 1 aliphatic rings. The van der Waals surface area contributed by atoms with Gasteiger partial charge in [-0.15, -0.1) is 11.3 Å². The van der Waals surface area contributed by atoms with Crippen LogP contribution in [0.1, 0.15) is 24.1 Å². The number of hydrogen-bond acceptors (Lipinski definition) is 4. The Bertz CT molecular complexity index is 551. The first-order valence-electron chi connectivity index (χ1n) is 5.79. The lowest BCUT2D eigenvalue weighted by molar-refractivity contribution is 0.295. The Hall–Kier alpha value is -0.870. The Balaban J connectivity index is 1.84. The van der Waals surface area contributed by atoms with Crippen molar-refractivity contribution in [1.29, 1.82) is 0 Å². The van der Waals surface area contributed by atoms with Crippen LogP contribution in [0.4, 0.5) is 0 Å². The zero-order chi connectivity index (χ0) is 11.8. The van der Waals surface area contributed by atoms with Crippen molar-refractivity contribution in [2.24, 2.45) is 5.92 Å². The summed E-state index contributed by atoms with van der Waals surface area (Å²) < 4.78 is 5.74. The third kappa shape index (κ3) is 2.53. The molecular weight excluding hydrogens is 256 g/mol. The van der Waals surface area contributed by atoms with Crippen LogP contribution in [-0.2, 0) is 0 Å². The molecule has 0 amide bonds. The van der Waals surface area contributed by atoms with E-state index in [-0.39, 0.29) is 5.28 Å². The largest absolute Gasteiger partial charge is 0.477 e. The van der Waals surface area contributed by atoms with Gasteiger partial charge in [0.15, 0.2) is 0 Å². The fourth-order valence-electron chi connectivity index (χ4n) is 1.83. The summed E-state index contributed by atoms with van der Waals surface area (Å²) in [6.07, 6.45) is 3.81. The molecule has 0 radical (unpaired) electrons. The molecule has 0 atom stereocenters. The molecule has 0 unspecified atom stereocenters. The van der Waals surface area contributed by atoms with Gasteiger partial charge >= 0.3 is 0 Å². The number of nitrogens with zero attached hydrogens (tertiary/aromatic N) is 2. The summed E-state index contributed by atoms with van der Waals surface area (Å²) >= 11 is 7.51. The minimum Gasteiger partial charge on any atom is -0.477 e. The van der Waals surface area contributed by atoms with Gasteiger partial charge in [-0.2, -0.15) is 4.98 Å². The minimum absolute atomic E-state index is 0.265. The van der Waals surface area contributed by atoms with E-state index in [0.29, 0.717) is 5.88 Å². The number of ether oxygens (including phenoxy) is 1. The average molecular weight is 269 g/mol. The molecular formula is C12H13ClN2OS. The van der Waals surface area contributed by atoms with Crippen LogP contribution in [0.5, 0.6) is 5.88 Å². The molecule has 3 rings (SSSR count). The van der Waals surface area contributed by atoms with E-state index in [0.717, 1.165) is 29.2 Å². The van der Waals surface area contributed by atoms with Gasteiger partial charge in [-0.25, -0.2) is 4.98 Å². The van der Waals surface area contributed by atoms with Gasteiger partial charge in [-0.1, -0.05) is 12.8 Å². The molecule has 1 aliphatic carbocycles. The number of rotatable bonds is 4. The van der Waals surface area contributed by atoms with Crippen LogP contribution >= 0.6 is 22.9 Å². The number of hydrogen-bond donors (Lipinski definition) is 0. The Morgan fingerprint density at radius 3 is 3.06 bits per heavy atom. The van der Waals surface area contributed by atoms with Gasteiger partial charge in [0.25, 0.3) is 0 Å². The van der Waals surface area contributed by atoms with E-state index in [2.05, 4.69) is 16.0 Å². The van der Waals surface area contributed by atoms with Gasteiger partial charge in [0.05, 0.1) is 12.0 Å². The first-order chi connectivity index (χ1) is 8.22. The van der Waals surface area contributed by atoms with Gasteiger partial charge in [0.1, 0.15) is 4.83 Å². The van der Waals surface area contributed by atoms with Crippen LogP contribution in [0, 0.1) is 12.8 Å². The fourth-order valence-corrected chi connectivity index (χ4v) is 2.91. The lowest BCUT2D eigenvalue weighted by Gasteiger charge is -2.05. The second kappa shape index (κ2) is 4.42. The van der Waals surface area contributed by atoms with E-state index >= 15 is 0 Å². The van der Waals surface area contributed by atoms with Crippen LogP contribution in [0.2, 0.25) is 5.28 Å². The summed E-state index contributed by atoms with van der Waals surface area (Å²) in [7, 11) is 0. The summed E-state index contributed by atoms with van der Waals surface area (Å²) in [4.78, 5) is 10.5. The number of halogens is 1. The van der Waals surface area contributed by atoms with Crippen LogP contribution in [0.15, 0.2) is 6.07 Å². The zero-order valence-corrected chi connectivity index (χ0v) is 11.1. The topological polar surface area (TPSA) is 35.0 Å². The third-order valence-corrected chi connectivity index (χ3v) is 4.03. The van der Waals surface area contributed by atoms with Crippen LogP contribution in [0.25, 0.3) is 10.2 Å². The highest BCUT2D eigenvalue weighted by Gasteiger charge is 2.21. The predicted octanol–water partition coefficient (Wildman–Crippen LogP) is 3.83. The van der Waals surface area contributed by atoms with Crippen LogP contribution in [-0.4, -0.2) is 16.6 Å². The van der Waals surface area contributed by atoms with Crippen molar-refractivity contribution in [2.45, 2.75) is 26.2 Å². The number of thiophene rings is 1. The van der Waals surface area contributed by atoms with Crippen molar-refractivity contribution < 1.29 is 4.74 Å². The molecule has 0 saturated heterocycles. The summed E-state index contributed by atoms with van der Waals surface area (Å²) in [6.45, 7) is 2.77. The monoisotopic (exact) mass is 268 g/mol. The summed E-state index contributed by atoms with van der Waals surface area (Å²) in [5.74, 6) is 1.50. The number of aromatic nitrogens is 2. The van der Waals surface area contributed by atoms with Crippen LogP contribution < -0.4 is 4.74 Å². The van der Waals surface area contributed by atoms with Gasteiger partial charge in [0, 0.05) is 4.88 Å². The predicted molar refractivity (Wildman–Crippen MR) is 70.0 cm³/mol. The molecule has 2 aromatic heterocycles. The molecule has 5 heteroatoms.